The quantitative estimate of drug-likeness (QED) is 0.770. The zero-order valence-electron chi connectivity index (χ0n) is 13.7. The average Bonchev–Trinajstić information content (AvgIpc) is 2.67. The Kier molecular flexibility index (Phi) is 6.00. The van der Waals surface area contributed by atoms with Crippen LogP contribution in [0.2, 0.25) is 5.02 Å². The molecule has 1 aliphatic heterocycles. The highest BCUT2D eigenvalue weighted by molar-refractivity contribution is 8.00. The van der Waals surface area contributed by atoms with Gasteiger partial charge >= 0.3 is 0 Å². The van der Waals surface area contributed by atoms with Crippen molar-refractivity contribution in [3.63, 3.8) is 0 Å². The van der Waals surface area contributed by atoms with Gasteiger partial charge in [0.2, 0.25) is 5.91 Å². The van der Waals surface area contributed by atoms with E-state index in [2.05, 4.69) is 0 Å². The highest BCUT2D eigenvalue weighted by Crippen LogP contribution is 2.21. The molecule has 0 saturated carbocycles. The van der Waals surface area contributed by atoms with Gasteiger partial charge in [-0.25, -0.2) is 0 Å². The predicted octanol–water partition coefficient (Wildman–Crippen LogP) is 3.42. The van der Waals surface area contributed by atoms with E-state index in [0.29, 0.717) is 42.5 Å². The van der Waals surface area contributed by atoms with E-state index in [1.54, 1.807) is 0 Å². The summed E-state index contributed by atoms with van der Waals surface area (Å²) in [6.45, 7) is 2.31. The van der Waals surface area contributed by atoms with Gasteiger partial charge in [0, 0.05) is 41.7 Å². The lowest BCUT2D eigenvalue weighted by Crippen LogP contribution is -2.51. The summed E-state index contributed by atoms with van der Waals surface area (Å²) in [5.41, 5.74) is 0.695. The first-order valence-electron chi connectivity index (χ1n) is 8.14. The fraction of sp³-hybridized carbons (Fsp3) is 0.263. The zero-order valence-corrected chi connectivity index (χ0v) is 15.3. The van der Waals surface area contributed by atoms with Crippen LogP contribution in [0.15, 0.2) is 59.5 Å². The Balaban J connectivity index is 1.47. The molecule has 0 aliphatic carbocycles. The molecule has 1 saturated heterocycles. The van der Waals surface area contributed by atoms with Gasteiger partial charge in [-0.2, -0.15) is 0 Å². The summed E-state index contributed by atoms with van der Waals surface area (Å²) in [5.74, 6) is 0.531. The lowest BCUT2D eigenvalue weighted by Gasteiger charge is -2.34. The molecule has 25 heavy (non-hydrogen) atoms. The van der Waals surface area contributed by atoms with Crippen molar-refractivity contribution in [3.8, 4) is 0 Å². The van der Waals surface area contributed by atoms with Crippen molar-refractivity contribution in [2.45, 2.75) is 4.90 Å². The second-order valence-electron chi connectivity index (χ2n) is 5.78. The Morgan fingerprint density at radius 2 is 1.48 bits per heavy atom. The van der Waals surface area contributed by atoms with E-state index < -0.39 is 0 Å². The SMILES string of the molecule is O=C(CSc1ccc(Cl)cc1)N1CCN(C(=O)c2ccccc2)CC1. The average molecular weight is 375 g/mol. The molecule has 2 aromatic rings. The van der Waals surface area contributed by atoms with Crippen molar-refractivity contribution < 1.29 is 9.59 Å². The van der Waals surface area contributed by atoms with Crippen LogP contribution in [0.4, 0.5) is 0 Å². The molecule has 6 heteroatoms. The minimum atomic E-state index is 0.0308. The third-order valence-corrected chi connectivity index (χ3v) is 5.37. The monoisotopic (exact) mass is 374 g/mol. The van der Waals surface area contributed by atoms with Crippen LogP contribution in [0.1, 0.15) is 10.4 Å². The molecular formula is C19H19ClN2O2S. The second-order valence-corrected chi connectivity index (χ2v) is 7.27. The predicted molar refractivity (Wildman–Crippen MR) is 101 cm³/mol. The number of nitrogens with zero attached hydrogens (tertiary/aromatic N) is 2. The van der Waals surface area contributed by atoms with Crippen LogP contribution in [0.5, 0.6) is 0 Å². The number of hydrogen-bond donors (Lipinski definition) is 0. The van der Waals surface area contributed by atoms with Gasteiger partial charge in [0.25, 0.3) is 5.91 Å². The first-order valence-corrected chi connectivity index (χ1v) is 9.50. The molecule has 0 N–H and O–H groups in total. The van der Waals surface area contributed by atoms with E-state index in [-0.39, 0.29) is 11.8 Å². The number of amides is 2. The molecule has 0 aromatic heterocycles. The molecule has 1 heterocycles. The van der Waals surface area contributed by atoms with E-state index >= 15 is 0 Å². The molecule has 2 amide bonds. The largest absolute Gasteiger partial charge is 0.338 e. The zero-order chi connectivity index (χ0) is 17.6. The van der Waals surface area contributed by atoms with Gasteiger partial charge in [-0.15, -0.1) is 11.8 Å². The molecule has 1 fully saturated rings. The molecular weight excluding hydrogens is 356 g/mol. The van der Waals surface area contributed by atoms with Crippen LogP contribution < -0.4 is 0 Å². The highest BCUT2D eigenvalue weighted by atomic mass is 35.5. The number of hydrogen-bond acceptors (Lipinski definition) is 3. The summed E-state index contributed by atoms with van der Waals surface area (Å²) in [6, 6.07) is 16.7. The summed E-state index contributed by atoms with van der Waals surface area (Å²) in [6.07, 6.45) is 0. The Bertz CT molecular complexity index is 729. The third-order valence-electron chi connectivity index (χ3n) is 4.12. The van der Waals surface area contributed by atoms with Crippen LogP contribution in [0.25, 0.3) is 0 Å². The van der Waals surface area contributed by atoms with Crippen molar-refractivity contribution >= 4 is 35.2 Å². The summed E-state index contributed by atoms with van der Waals surface area (Å²) in [4.78, 5) is 29.4. The van der Waals surface area contributed by atoms with Gasteiger partial charge in [-0.3, -0.25) is 9.59 Å². The van der Waals surface area contributed by atoms with Crippen LogP contribution in [0, 0.1) is 0 Å². The van der Waals surface area contributed by atoms with Crippen molar-refractivity contribution in [2.75, 3.05) is 31.9 Å². The van der Waals surface area contributed by atoms with Gasteiger partial charge in [0.1, 0.15) is 0 Å². The van der Waals surface area contributed by atoms with Crippen LogP contribution in [-0.2, 0) is 4.79 Å². The second kappa shape index (κ2) is 8.41. The number of thioether (sulfide) groups is 1. The summed E-state index contributed by atoms with van der Waals surface area (Å²) in [5, 5.41) is 0.690. The van der Waals surface area contributed by atoms with Crippen molar-refractivity contribution in [1.29, 1.82) is 0 Å². The third kappa shape index (κ3) is 4.77. The van der Waals surface area contributed by atoms with Gasteiger partial charge in [0.05, 0.1) is 5.75 Å². The topological polar surface area (TPSA) is 40.6 Å². The molecule has 3 rings (SSSR count). The van der Waals surface area contributed by atoms with Gasteiger partial charge < -0.3 is 9.80 Å². The molecule has 1 aliphatic rings. The lowest BCUT2D eigenvalue weighted by atomic mass is 10.2. The van der Waals surface area contributed by atoms with E-state index in [1.165, 1.54) is 11.8 Å². The van der Waals surface area contributed by atoms with Crippen LogP contribution in [-0.4, -0.2) is 53.5 Å². The maximum atomic E-state index is 12.4. The Hall–Kier alpha value is -1.98. The Morgan fingerprint density at radius 3 is 2.12 bits per heavy atom. The van der Waals surface area contributed by atoms with Crippen molar-refractivity contribution in [1.82, 2.24) is 9.80 Å². The molecule has 0 bridgehead atoms. The molecule has 2 aromatic carbocycles. The normalized spacial score (nSPS) is 14.4. The molecule has 0 atom stereocenters. The number of carbonyl (C=O) groups excluding carboxylic acids is 2. The minimum Gasteiger partial charge on any atom is -0.338 e. The maximum Gasteiger partial charge on any atom is 0.253 e. The van der Waals surface area contributed by atoms with Crippen molar-refractivity contribution in [3.05, 3.63) is 65.2 Å². The fourth-order valence-electron chi connectivity index (χ4n) is 2.69. The van der Waals surface area contributed by atoms with E-state index in [0.717, 1.165) is 4.90 Å². The molecule has 4 nitrogen and oxygen atoms in total. The lowest BCUT2D eigenvalue weighted by molar-refractivity contribution is -0.129. The van der Waals surface area contributed by atoms with Crippen molar-refractivity contribution in [2.24, 2.45) is 0 Å². The van der Waals surface area contributed by atoms with Crippen LogP contribution >= 0.6 is 23.4 Å². The summed E-state index contributed by atoms with van der Waals surface area (Å²) in [7, 11) is 0. The standard InChI is InChI=1S/C19H19ClN2O2S/c20-16-6-8-17(9-7-16)25-14-18(23)21-10-12-22(13-11-21)19(24)15-4-2-1-3-5-15/h1-9H,10-14H2. The maximum absolute atomic E-state index is 12.4. The van der Waals surface area contributed by atoms with Gasteiger partial charge in [-0.1, -0.05) is 29.8 Å². The first-order chi connectivity index (χ1) is 12.1. The van der Waals surface area contributed by atoms with Gasteiger partial charge in [0.15, 0.2) is 0 Å². The fourth-order valence-corrected chi connectivity index (χ4v) is 3.62. The molecule has 0 spiro atoms. The van der Waals surface area contributed by atoms with Gasteiger partial charge in [-0.05, 0) is 36.4 Å². The van der Waals surface area contributed by atoms with E-state index in [4.69, 9.17) is 11.6 Å². The summed E-state index contributed by atoms with van der Waals surface area (Å²) < 4.78 is 0. The van der Waals surface area contributed by atoms with Crippen LogP contribution in [0.3, 0.4) is 0 Å². The highest BCUT2D eigenvalue weighted by Gasteiger charge is 2.24. The van der Waals surface area contributed by atoms with E-state index in [1.807, 2.05) is 64.4 Å². The summed E-state index contributed by atoms with van der Waals surface area (Å²) >= 11 is 7.37. The number of benzene rings is 2. The molecule has 130 valence electrons. The molecule has 0 radical (unpaired) electrons. The number of rotatable bonds is 4. The van der Waals surface area contributed by atoms with E-state index in [9.17, 15) is 9.59 Å². The number of halogens is 1. The number of carbonyl (C=O) groups is 2. The smallest absolute Gasteiger partial charge is 0.253 e. The molecule has 0 unspecified atom stereocenters. The number of piperazine rings is 1. The minimum absolute atomic E-state index is 0.0308. The Labute approximate surface area is 156 Å². The Morgan fingerprint density at radius 1 is 0.880 bits per heavy atom. The first kappa shape index (κ1) is 17.8.